The van der Waals surface area contributed by atoms with Crippen LogP contribution in [0.15, 0.2) is 0 Å². The van der Waals surface area contributed by atoms with Crippen molar-refractivity contribution in [3.8, 4) is 0 Å². The van der Waals surface area contributed by atoms with Crippen molar-refractivity contribution in [2.24, 2.45) is 17.6 Å². The summed E-state index contributed by atoms with van der Waals surface area (Å²) in [7, 11) is 3.92. The number of nitrogens with one attached hydrogen (secondary N) is 1. The fourth-order valence-corrected chi connectivity index (χ4v) is 6.83. The van der Waals surface area contributed by atoms with Crippen molar-refractivity contribution < 1.29 is 24.0 Å². The molecule has 0 bridgehead atoms. The lowest BCUT2D eigenvalue weighted by Gasteiger charge is -2.38. The minimum absolute atomic E-state index is 0.0488. The van der Waals surface area contributed by atoms with Gasteiger partial charge in [-0.3, -0.25) is 28.9 Å². The van der Waals surface area contributed by atoms with Gasteiger partial charge in [0.05, 0.1) is 12.6 Å². The maximum atomic E-state index is 13.7. The summed E-state index contributed by atoms with van der Waals surface area (Å²) < 4.78 is 0. The van der Waals surface area contributed by atoms with E-state index in [1.165, 1.54) is 32.4 Å². The Bertz CT molecular complexity index is 984. The van der Waals surface area contributed by atoms with E-state index < -0.39 is 18.0 Å². The molecule has 2 unspecified atom stereocenters. The first-order chi connectivity index (χ1) is 21.8. The number of carbonyl (C=O) groups is 5. The van der Waals surface area contributed by atoms with Crippen LogP contribution >= 0.6 is 0 Å². The highest BCUT2D eigenvalue weighted by Crippen LogP contribution is 2.29. The summed E-state index contributed by atoms with van der Waals surface area (Å²) in [5.41, 5.74) is 5.51. The molecule has 0 aromatic rings. The van der Waals surface area contributed by atoms with Crippen LogP contribution in [0, 0.1) is 11.8 Å². The van der Waals surface area contributed by atoms with Crippen molar-refractivity contribution >= 4 is 30.0 Å². The highest BCUT2D eigenvalue weighted by atomic mass is 16.2. The van der Waals surface area contributed by atoms with Crippen molar-refractivity contribution in [3.63, 3.8) is 0 Å². The van der Waals surface area contributed by atoms with Crippen molar-refractivity contribution in [3.05, 3.63) is 0 Å². The molecule has 12 heteroatoms. The van der Waals surface area contributed by atoms with Gasteiger partial charge < -0.3 is 30.7 Å². The molecular formula is C34H63N7O5. The van der Waals surface area contributed by atoms with E-state index in [2.05, 4.69) is 42.9 Å². The first kappa shape index (κ1) is 39.4. The Morgan fingerprint density at radius 1 is 0.783 bits per heavy atom. The molecule has 12 nitrogen and oxygen atoms in total. The minimum atomic E-state index is -0.586. The lowest BCUT2D eigenvalue weighted by Crippen LogP contribution is -2.56. The monoisotopic (exact) mass is 649 g/mol. The van der Waals surface area contributed by atoms with Crippen LogP contribution in [-0.4, -0.2) is 139 Å². The molecule has 4 fully saturated rings. The van der Waals surface area contributed by atoms with E-state index in [-0.39, 0.29) is 42.3 Å². The summed E-state index contributed by atoms with van der Waals surface area (Å²) in [6.07, 6.45) is 9.01. The molecule has 4 saturated heterocycles. The maximum Gasteiger partial charge on any atom is 0.246 e. The molecule has 4 heterocycles. The number of piperidine rings is 1. The Hall–Kier alpha value is -2.73. The molecule has 4 aliphatic heterocycles. The molecule has 5 amide bonds. The Morgan fingerprint density at radius 2 is 1.28 bits per heavy atom. The molecule has 4 aliphatic rings. The van der Waals surface area contributed by atoms with Crippen LogP contribution in [0.25, 0.3) is 0 Å². The third kappa shape index (κ3) is 11.8. The van der Waals surface area contributed by atoms with Crippen molar-refractivity contribution in [1.29, 1.82) is 0 Å². The lowest BCUT2D eigenvalue weighted by molar-refractivity contribution is -0.148. The fourth-order valence-electron chi connectivity index (χ4n) is 6.83. The fraction of sp³-hybridized carbons (Fsp3) is 0.853. The number of hydrogen-bond acceptors (Lipinski definition) is 7. The summed E-state index contributed by atoms with van der Waals surface area (Å²) in [4.78, 5) is 71.4. The summed E-state index contributed by atoms with van der Waals surface area (Å²) in [5.74, 6) is 0.0914. The van der Waals surface area contributed by atoms with Gasteiger partial charge in [0.2, 0.25) is 30.0 Å². The van der Waals surface area contributed by atoms with E-state index in [9.17, 15) is 24.0 Å². The van der Waals surface area contributed by atoms with Gasteiger partial charge in [-0.2, -0.15) is 0 Å². The summed E-state index contributed by atoms with van der Waals surface area (Å²) in [5, 5.41) is 2.42. The van der Waals surface area contributed by atoms with Gasteiger partial charge in [-0.15, -0.1) is 0 Å². The van der Waals surface area contributed by atoms with Crippen molar-refractivity contribution in [2.75, 3.05) is 59.9 Å². The SMILES string of the molecule is CC(C)C.CC(C)[C@@H](CN1CCC[C@H]1C(=O)N1CCCC1C(=O)N1CCCC1C(N)=O)N(C)C(=O)CNC=O.CN1CCCCC1. The van der Waals surface area contributed by atoms with Crippen molar-refractivity contribution in [1.82, 2.24) is 29.8 Å². The Balaban J connectivity index is 0.000000566. The number of nitrogens with zero attached hydrogens (tertiary/aromatic N) is 5. The van der Waals surface area contributed by atoms with Crippen LogP contribution in [0.3, 0.4) is 0 Å². The molecule has 0 aliphatic carbocycles. The van der Waals surface area contributed by atoms with Gasteiger partial charge in [0, 0.05) is 32.7 Å². The van der Waals surface area contributed by atoms with E-state index in [4.69, 9.17) is 5.73 Å². The van der Waals surface area contributed by atoms with E-state index >= 15 is 0 Å². The van der Waals surface area contributed by atoms with Gasteiger partial charge in [0.1, 0.15) is 12.1 Å². The summed E-state index contributed by atoms with van der Waals surface area (Å²) in [6, 6.07) is -1.60. The molecule has 46 heavy (non-hydrogen) atoms. The normalized spacial score (nSPS) is 24.2. The Kier molecular flexibility index (Phi) is 17.0. The van der Waals surface area contributed by atoms with Crippen LogP contribution in [-0.2, 0) is 24.0 Å². The van der Waals surface area contributed by atoms with Gasteiger partial charge in [0.15, 0.2) is 0 Å². The minimum Gasteiger partial charge on any atom is -0.368 e. The van der Waals surface area contributed by atoms with Crippen LogP contribution in [0.5, 0.6) is 0 Å². The predicted octanol–water partition coefficient (Wildman–Crippen LogP) is 1.91. The first-order valence-corrected chi connectivity index (χ1v) is 17.6. The highest BCUT2D eigenvalue weighted by molar-refractivity contribution is 5.93. The molecule has 3 N–H and O–H groups in total. The topological polar surface area (TPSA) is 140 Å². The Labute approximate surface area is 277 Å². The van der Waals surface area contributed by atoms with Crippen LogP contribution < -0.4 is 11.1 Å². The standard InChI is InChI=1S/C24H40N6O5.C6H13N.C4H10/c1-16(2)20(27(3)21(32)13-26-15-31)14-28-10-4-8-18(28)23(34)30-12-6-9-19(30)24(35)29-11-5-7-17(29)22(25)33;1-7-5-3-2-4-6-7;1-4(2)3/h15-20H,4-14H2,1-3H3,(H2,25,33)(H,26,31);2-6H2,1H3;4H,1-3H3/t17?,18-,19?,20+;;/m0../s1. The molecule has 4 rings (SSSR count). The quantitative estimate of drug-likeness (QED) is 0.345. The third-order valence-corrected chi connectivity index (χ3v) is 9.33. The summed E-state index contributed by atoms with van der Waals surface area (Å²) >= 11 is 0. The van der Waals surface area contributed by atoms with Gasteiger partial charge in [-0.25, -0.2) is 0 Å². The summed E-state index contributed by atoms with van der Waals surface area (Å²) in [6.45, 7) is 15.5. The number of hydrogen-bond donors (Lipinski definition) is 2. The zero-order valence-corrected chi connectivity index (χ0v) is 29.7. The first-order valence-electron chi connectivity index (χ1n) is 17.6. The molecule has 0 saturated carbocycles. The van der Waals surface area contributed by atoms with Crippen LogP contribution in [0.1, 0.15) is 92.4 Å². The number of amides is 5. The zero-order valence-electron chi connectivity index (χ0n) is 29.7. The zero-order chi connectivity index (χ0) is 34.4. The largest absolute Gasteiger partial charge is 0.368 e. The van der Waals surface area contributed by atoms with E-state index in [0.29, 0.717) is 45.3 Å². The van der Waals surface area contributed by atoms with E-state index in [1.54, 1.807) is 21.7 Å². The number of nitrogens with two attached hydrogens (primary N) is 1. The van der Waals surface area contributed by atoms with Gasteiger partial charge in [-0.05, 0) is 89.9 Å². The second-order valence-corrected chi connectivity index (χ2v) is 14.3. The van der Waals surface area contributed by atoms with Gasteiger partial charge in [0.25, 0.3) is 0 Å². The number of primary amides is 1. The molecule has 264 valence electrons. The number of likely N-dealkylation sites (N-methyl/N-ethyl adjacent to an activating group) is 1. The second kappa shape index (κ2) is 19.8. The van der Waals surface area contributed by atoms with E-state index in [1.807, 2.05) is 13.8 Å². The van der Waals surface area contributed by atoms with Crippen LogP contribution in [0.4, 0.5) is 0 Å². The van der Waals surface area contributed by atoms with Crippen LogP contribution in [0.2, 0.25) is 0 Å². The second-order valence-electron chi connectivity index (χ2n) is 14.3. The van der Waals surface area contributed by atoms with E-state index in [0.717, 1.165) is 31.7 Å². The number of carbonyl (C=O) groups excluding carboxylic acids is 5. The van der Waals surface area contributed by atoms with Gasteiger partial charge in [-0.1, -0.05) is 41.0 Å². The maximum absolute atomic E-state index is 13.7. The van der Waals surface area contributed by atoms with Crippen molar-refractivity contribution in [2.45, 2.75) is 117 Å². The highest BCUT2D eigenvalue weighted by Gasteiger charge is 2.45. The average molecular weight is 650 g/mol. The lowest BCUT2D eigenvalue weighted by atomic mass is 10.0. The van der Waals surface area contributed by atoms with Gasteiger partial charge >= 0.3 is 0 Å². The average Bonchev–Trinajstić information content (AvgIpc) is 3.79. The molecule has 0 spiro atoms. The smallest absolute Gasteiger partial charge is 0.246 e. The number of likely N-dealkylation sites (tertiary alicyclic amines) is 4. The molecule has 0 aromatic heterocycles. The Morgan fingerprint density at radius 3 is 1.78 bits per heavy atom. The third-order valence-electron chi connectivity index (χ3n) is 9.33. The molecule has 4 atom stereocenters. The molecular weight excluding hydrogens is 586 g/mol. The molecule has 0 radical (unpaired) electrons. The number of rotatable bonds is 10. The predicted molar refractivity (Wildman–Crippen MR) is 181 cm³/mol. The molecule has 0 aromatic carbocycles.